The van der Waals surface area contributed by atoms with E-state index in [1.807, 2.05) is 0 Å². The third kappa shape index (κ3) is 3.82. The third-order valence-electron chi connectivity index (χ3n) is 3.74. The van der Waals surface area contributed by atoms with Crippen LogP contribution >= 0.6 is 15.9 Å². The lowest BCUT2D eigenvalue weighted by atomic mass is 9.75. The minimum absolute atomic E-state index is 0.518. The average molecular weight is 296 g/mol. The highest BCUT2D eigenvalue weighted by molar-refractivity contribution is 9.10. The van der Waals surface area contributed by atoms with Crippen molar-refractivity contribution in [2.24, 2.45) is 5.41 Å². The molecule has 1 aliphatic carbocycles. The molecule has 0 bridgehead atoms. The van der Waals surface area contributed by atoms with Gasteiger partial charge in [-0.05, 0) is 36.3 Å². The molecule has 0 spiro atoms. The van der Waals surface area contributed by atoms with Crippen molar-refractivity contribution in [3.8, 4) is 0 Å². The van der Waals surface area contributed by atoms with Crippen molar-refractivity contribution in [1.82, 2.24) is 5.32 Å². The summed E-state index contributed by atoms with van der Waals surface area (Å²) in [6.07, 6.45) is 5.37. The molecule has 1 aliphatic rings. The molecule has 1 saturated carbocycles. The van der Waals surface area contributed by atoms with Crippen LogP contribution in [0.25, 0.3) is 0 Å². The summed E-state index contributed by atoms with van der Waals surface area (Å²) < 4.78 is 1.21. The number of rotatable bonds is 3. The second-order valence-electron chi connectivity index (χ2n) is 5.93. The Balaban J connectivity index is 1.88. The second-order valence-corrected chi connectivity index (χ2v) is 6.78. The molecule has 0 amide bonds. The Labute approximate surface area is 113 Å². The van der Waals surface area contributed by atoms with Crippen molar-refractivity contribution in [2.45, 2.75) is 52.1 Å². The minimum Gasteiger partial charge on any atom is -0.310 e. The topological polar surface area (TPSA) is 12.0 Å². The van der Waals surface area contributed by atoms with E-state index in [-0.39, 0.29) is 0 Å². The molecule has 0 aromatic heterocycles. The molecule has 0 saturated heterocycles. The molecule has 0 aliphatic heterocycles. The molecular formula is C15H22BrN. The van der Waals surface area contributed by atoms with Gasteiger partial charge in [0.15, 0.2) is 0 Å². The lowest BCUT2D eigenvalue weighted by Crippen LogP contribution is -2.36. The van der Waals surface area contributed by atoms with Gasteiger partial charge in [-0.2, -0.15) is 0 Å². The highest BCUT2D eigenvalue weighted by atomic mass is 79.9. The number of benzene rings is 1. The van der Waals surface area contributed by atoms with Crippen LogP contribution < -0.4 is 5.32 Å². The van der Waals surface area contributed by atoms with E-state index in [1.165, 1.54) is 35.7 Å². The first-order chi connectivity index (χ1) is 8.07. The summed E-state index contributed by atoms with van der Waals surface area (Å²) in [4.78, 5) is 0. The molecule has 1 atom stereocenters. The van der Waals surface area contributed by atoms with E-state index in [0.717, 1.165) is 6.54 Å². The molecule has 1 nitrogen and oxygen atoms in total. The van der Waals surface area contributed by atoms with Gasteiger partial charge in [0.2, 0.25) is 0 Å². The quantitative estimate of drug-likeness (QED) is 0.865. The van der Waals surface area contributed by atoms with Crippen molar-refractivity contribution in [2.75, 3.05) is 0 Å². The third-order valence-corrected chi connectivity index (χ3v) is 4.52. The molecule has 94 valence electrons. The zero-order valence-corrected chi connectivity index (χ0v) is 12.4. The van der Waals surface area contributed by atoms with Gasteiger partial charge in [-0.15, -0.1) is 0 Å². The van der Waals surface area contributed by atoms with Gasteiger partial charge in [0.1, 0.15) is 0 Å². The van der Waals surface area contributed by atoms with Crippen LogP contribution in [0.1, 0.15) is 45.1 Å². The van der Waals surface area contributed by atoms with Gasteiger partial charge >= 0.3 is 0 Å². The number of nitrogens with one attached hydrogen (secondary N) is 1. The Bertz CT molecular complexity index is 373. The largest absolute Gasteiger partial charge is 0.310 e. The highest BCUT2D eigenvalue weighted by Gasteiger charge is 2.27. The molecule has 0 radical (unpaired) electrons. The predicted octanol–water partition coefficient (Wildman–Crippen LogP) is 4.51. The minimum atomic E-state index is 0.518. The van der Waals surface area contributed by atoms with Gasteiger partial charge in [0.25, 0.3) is 0 Å². The Hall–Kier alpha value is -0.340. The SMILES string of the molecule is CC1(C)CCCC(NCc2ccccc2Br)C1. The fourth-order valence-electron chi connectivity index (χ4n) is 2.77. The van der Waals surface area contributed by atoms with E-state index < -0.39 is 0 Å². The predicted molar refractivity (Wildman–Crippen MR) is 77.0 cm³/mol. The van der Waals surface area contributed by atoms with Crippen LogP contribution in [-0.2, 0) is 6.54 Å². The summed E-state index contributed by atoms with van der Waals surface area (Å²) in [5.74, 6) is 0. The molecule has 1 fully saturated rings. The molecular weight excluding hydrogens is 274 g/mol. The maximum absolute atomic E-state index is 3.70. The molecule has 1 unspecified atom stereocenters. The average Bonchev–Trinajstić information content (AvgIpc) is 2.27. The van der Waals surface area contributed by atoms with Gasteiger partial charge in [0.05, 0.1) is 0 Å². The van der Waals surface area contributed by atoms with Crippen molar-refractivity contribution in [1.29, 1.82) is 0 Å². The Morgan fingerprint density at radius 3 is 2.82 bits per heavy atom. The van der Waals surface area contributed by atoms with Crippen LogP contribution in [0, 0.1) is 5.41 Å². The standard InChI is InChI=1S/C15H22BrN/c1-15(2)9-5-7-13(10-15)17-11-12-6-3-4-8-14(12)16/h3-4,6,8,13,17H,5,7,9-11H2,1-2H3. The van der Waals surface area contributed by atoms with Gasteiger partial charge in [-0.3, -0.25) is 0 Å². The smallest absolute Gasteiger partial charge is 0.0220 e. The first kappa shape index (κ1) is 13.1. The van der Waals surface area contributed by atoms with Crippen LogP contribution in [0.2, 0.25) is 0 Å². The van der Waals surface area contributed by atoms with Crippen LogP contribution in [0.4, 0.5) is 0 Å². The van der Waals surface area contributed by atoms with Crippen LogP contribution in [0.15, 0.2) is 28.7 Å². The van der Waals surface area contributed by atoms with Crippen LogP contribution in [0.5, 0.6) is 0 Å². The number of hydrogen-bond donors (Lipinski definition) is 1. The maximum atomic E-state index is 3.70. The molecule has 1 N–H and O–H groups in total. The molecule has 0 heterocycles. The molecule has 17 heavy (non-hydrogen) atoms. The van der Waals surface area contributed by atoms with E-state index in [4.69, 9.17) is 0 Å². The van der Waals surface area contributed by atoms with E-state index in [1.54, 1.807) is 0 Å². The summed E-state index contributed by atoms with van der Waals surface area (Å²) >= 11 is 3.60. The fraction of sp³-hybridized carbons (Fsp3) is 0.600. The Morgan fingerprint density at radius 1 is 1.35 bits per heavy atom. The van der Waals surface area contributed by atoms with Gasteiger partial charge in [0, 0.05) is 17.1 Å². The lowest BCUT2D eigenvalue weighted by molar-refractivity contribution is 0.197. The monoisotopic (exact) mass is 295 g/mol. The van der Waals surface area contributed by atoms with E-state index in [0.29, 0.717) is 11.5 Å². The summed E-state index contributed by atoms with van der Waals surface area (Å²) in [6, 6.07) is 9.15. The molecule has 2 heteroatoms. The van der Waals surface area contributed by atoms with Crippen molar-refractivity contribution >= 4 is 15.9 Å². The maximum Gasteiger partial charge on any atom is 0.0220 e. The Morgan fingerprint density at radius 2 is 2.12 bits per heavy atom. The zero-order valence-electron chi connectivity index (χ0n) is 10.8. The van der Waals surface area contributed by atoms with Crippen molar-refractivity contribution in [3.63, 3.8) is 0 Å². The van der Waals surface area contributed by atoms with Crippen LogP contribution in [0.3, 0.4) is 0 Å². The van der Waals surface area contributed by atoms with E-state index in [2.05, 4.69) is 59.4 Å². The molecule has 1 aromatic carbocycles. The first-order valence-corrected chi connectivity index (χ1v) is 7.33. The normalized spacial score (nSPS) is 23.6. The van der Waals surface area contributed by atoms with Gasteiger partial charge in [-0.1, -0.05) is 54.4 Å². The highest BCUT2D eigenvalue weighted by Crippen LogP contribution is 2.35. The van der Waals surface area contributed by atoms with Gasteiger partial charge in [-0.25, -0.2) is 0 Å². The first-order valence-electron chi connectivity index (χ1n) is 6.54. The summed E-state index contributed by atoms with van der Waals surface area (Å²) in [5, 5.41) is 3.70. The zero-order chi connectivity index (χ0) is 12.3. The number of halogens is 1. The summed E-state index contributed by atoms with van der Waals surface area (Å²) in [6.45, 7) is 5.75. The van der Waals surface area contributed by atoms with E-state index in [9.17, 15) is 0 Å². The van der Waals surface area contributed by atoms with E-state index >= 15 is 0 Å². The molecule has 1 aromatic rings. The second kappa shape index (κ2) is 5.53. The van der Waals surface area contributed by atoms with Crippen molar-refractivity contribution in [3.05, 3.63) is 34.3 Å². The number of hydrogen-bond acceptors (Lipinski definition) is 1. The fourth-order valence-corrected chi connectivity index (χ4v) is 3.19. The summed E-state index contributed by atoms with van der Waals surface area (Å²) in [5.41, 5.74) is 1.87. The lowest BCUT2D eigenvalue weighted by Gasteiger charge is -2.35. The molecule has 2 rings (SSSR count). The van der Waals surface area contributed by atoms with Crippen LogP contribution in [-0.4, -0.2) is 6.04 Å². The van der Waals surface area contributed by atoms with Gasteiger partial charge < -0.3 is 5.32 Å². The van der Waals surface area contributed by atoms with Crippen molar-refractivity contribution < 1.29 is 0 Å². The Kier molecular flexibility index (Phi) is 4.26. The summed E-state index contributed by atoms with van der Waals surface area (Å²) in [7, 11) is 0.